The zero-order chi connectivity index (χ0) is 25.8. The highest BCUT2D eigenvalue weighted by Crippen LogP contribution is 2.39. The normalized spacial score (nSPS) is 18.1. The quantitative estimate of drug-likeness (QED) is 0.285. The van der Waals surface area contributed by atoms with Crippen molar-refractivity contribution in [1.82, 2.24) is 15.0 Å². The number of halogens is 3. The predicted octanol–water partition coefficient (Wildman–Crippen LogP) is 6.85. The number of anilines is 1. The fourth-order valence-corrected chi connectivity index (χ4v) is 5.72. The van der Waals surface area contributed by atoms with Crippen molar-refractivity contribution >= 4 is 33.3 Å². The molecule has 0 bridgehead atoms. The molecule has 1 N–H and O–H groups in total. The van der Waals surface area contributed by atoms with E-state index in [2.05, 4.69) is 27.4 Å². The zero-order valence-corrected chi connectivity index (χ0v) is 20.7. The van der Waals surface area contributed by atoms with Gasteiger partial charge in [-0.2, -0.15) is 13.2 Å². The topological polar surface area (TPSA) is 77.0 Å². The highest BCUT2D eigenvalue weighted by atomic mass is 32.1. The van der Waals surface area contributed by atoms with Gasteiger partial charge in [-0.25, -0.2) is 9.97 Å². The smallest absolute Gasteiger partial charge is 0.376 e. The van der Waals surface area contributed by atoms with Crippen LogP contribution in [-0.4, -0.2) is 27.5 Å². The van der Waals surface area contributed by atoms with E-state index in [9.17, 15) is 18.0 Å². The number of nitrogens with one attached hydrogen (secondary N) is 1. The molecule has 4 aromatic rings. The predicted molar refractivity (Wildman–Crippen MR) is 135 cm³/mol. The van der Waals surface area contributed by atoms with E-state index in [1.165, 1.54) is 23.1 Å². The van der Waals surface area contributed by atoms with Crippen LogP contribution in [-0.2, 0) is 17.5 Å². The van der Waals surface area contributed by atoms with Crippen LogP contribution in [0.1, 0.15) is 58.2 Å². The molecule has 1 aliphatic rings. The standard InChI is InChI=1S/C27H25F3N4O2S/c28-27(29,30)20-7-4-12-31-24(20)25(35)34-23-13-22-21(14-32-23)33-26(37-22)19-10-8-18(9-11-19)16-36-15-17-5-2-1-3-6-17/h1-7,12-14,18-19H,8-11,15-16H2,(H,32,34,35). The highest BCUT2D eigenvalue weighted by Gasteiger charge is 2.36. The van der Waals surface area contributed by atoms with Crippen LogP contribution in [0.4, 0.5) is 19.0 Å². The Bertz CT molecular complexity index is 1370. The maximum atomic E-state index is 13.2. The van der Waals surface area contributed by atoms with Crippen molar-refractivity contribution in [2.24, 2.45) is 5.92 Å². The first kappa shape index (κ1) is 25.3. The molecule has 1 fully saturated rings. The Morgan fingerprint density at radius 1 is 1.05 bits per heavy atom. The summed E-state index contributed by atoms with van der Waals surface area (Å²) in [4.78, 5) is 25.1. The zero-order valence-electron chi connectivity index (χ0n) is 19.9. The molecule has 1 saturated carbocycles. The SMILES string of the molecule is O=C(Nc1cc2sc(C3CCC(COCc4ccccc4)CC3)nc2cn1)c1ncccc1C(F)(F)F. The number of thiazole rings is 1. The lowest BCUT2D eigenvalue weighted by Gasteiger charge is -2.27. The number of nitrogens with zero attached hydrogens (tertiary/aromatic N) is 3. The molecule has 0 saturated heterocycles. The van der Waals surface area contributed by atoms with Crippen molar-refractivity contribution < 1.29 is 22.7 Å². The molecule has 0 atom stereocenters. The van der Waals surface area contributed by atoms with E-state index >= 15 is 0 Å². The lowest BCUT2D eigenvalue weighted by Crippen LogP contribution is -2.20. The molecular formula is C27H25F3N4O2S. The molecule has 3 aromatic heterocycles. The number of hydrogen-bond acceptors (Lipinski definition) is 6. The third kappa shape index (κ3) is 6.14. The van der Waals surface area contributed by atoms with Gasteiger partial charge in [0.1, 0.15) is 11.5 Å². The molecule has 3 heterocycles. The molecule has 0 spiro atoms. The van der Waals surface area contributed by atoms with Crippen LogP contribution < -0.4 is 5.32 Å². The van der Waals surface area contributed by atoms with E-state index in [1.807, 2.05) is 18.2 Å². The molecule has 10 heteroatoms. The second-order valence-corrected chi connectivity index (χ2v) is 10.2. The maximum Gasteiger partial charge on any atom is 0.418 e. The molecule has 1 amide bonds. The molecule has 192 valence electrons. The van der Waals surface area contributed by atoms with Gasteiger partial charge in [0, 0.05) is 24.8 Å². The van der Waals surface area contributed by atoms with Crippen LogP contribution >= 0.6 is 11.3 Å². The van der Waals surface area contributed by atoms with Gasteiger partial charge in [0.05, 0.1) is 33.6 Å². The summed E-state index contributed by atoms with van der Waals surface area (Å²) in [5.41, 5.74) is 0.108. The lowest BCUT2D eigenvalue weighted by molar-refractivity contribution is -0.138. The molecule has 0 aliphatic heterocycles. The minimum absolute atomic E-state index is 0.158. The minimum atomic E-state index is -4.68. The number of benzene rings is 1. The number of hydrogen-bond donors (Lipinski definition) is 1. The molecule has 0 radical (unpaired) electrons. The summed E-state index contributed by atoms with van der Waals surface area (Å²) in [7, 11) is 0. The van der Waals surface area contributed by atoms with E-state index in [1.54, 1.807) is 6.07 Å². The monoisotopic (exact) mass is 526 g/mol. The molecule has 0 unspecified atom stereocenters. The Hall–Kier alpha value is -3.37. The molecule has 1 aliphatic carbocycles. The van der Waals surface area contributed by atoms with Crippen LogP contribution in [0.3, 0.4) is 0 Å². The van der Waals surface area contributed by atoms with Crippen LogP contribution in [0.2, 0.25) is 0 Å². The van der Waals surface area contributed by atoms with Crippen LogP contribution in [0.5, 0.6) is 0 Å². The number of pyridine rings is 2. The van der Waals surface area contributed by atoms with Crippen molar-refractivity contribution in [3.63, 3.8) is 0 Å². The Labute approximate surface area is 215 Å². The summed E-state index contributed by atoms with van der Waals surface area (Å²) in [6.45, 7) is 1.38. The average molecular weight is 527 g/mol. The highest BCUT2D eigenvalue weighted by molar-refractivity contribution is 7.18. The van der Waals surface area contributed by atoms with Gasteiger partial charge in [-0.15, -0.1) is 11.3 Å². The Morgan fingerprint density at radius 3 is 2.59 bits per heavy atom. The fourth-order valence-electron chi connectivity index (χ4n) is 4.58. The van der Waals surface area contributed by atoms with Gasteiger partial charge >= 0.3 is 6.18 Å². The summed E-state index contributed by atoms with van der Waals surface area (Å²) in [6, 6.07) is 13.8. The molecule has 37 heavy (non-hydrogen) atoms. The first-order chi connectivity index (χ1) is 17.9. The average Bonchev–Trinajstić information content (AvgIpc) is 3.33. The Morgan fingerprint density at radius 2 is 1.84 bits per heavy atom. The number of amides is 1. The first-order valence-corrected chi connectivity index (χ1v) is 12.9. The summed E-state index contributed by atoms with van der Waals surface area (Å²) >= 11 is 1.54. The van der Waals surface area contributed by atoms with Gasteiger partial charge in [-0.1, -0.05) is 30.3 Å². The third-order valence-electron chi connectivity index (χ3n) is 6.52. The fraction of sp³-hybridized carbons (Fsp3) is 0.333. The maximum absolute atomic E-state index is 13.2. The second-order valence-electron chi connectivity index (χ2n) is 9.16. The summed E-state index contributed by atoms with van der Waals surface area (Å²) in [6.07, 6.45) is 2.20. The lowest BCUT2D eigenvalue weighted by atomic mass is 9.83. The van der Waals surface area contributed by atoms with Gasteiger partial charge in [0.2, 0.25) is 0 Å². The van der Waals surface area contributed by atoms with Gasteiger partial charge in [0.15, 0.2) is 0 Å². The summed E-state index contributed by atoms with van der Waals surface area (Å²) < 4.78 is 46.5. The van der Waals surface area contributed by atoms with Gasteiger partial charge in [-0.05, 0) is 49.3 Å². The number of carbonyl (C=O) groups is 1. The number of carbonyl (C=O) groups excluding carboxylic acids is 1. The van der Waals surface area contributed by atoms with E-state index in [0.717, 1.165) is 60.3 Å². The second kappa shape index (κ2) is 10.9. The largest absolute Gasteiger partial charge is 0.418 e. The molecular weight excluding hydrogens is 501 g/mol. The minimum Gasteiger partial charge on any atom is -0.376 e. The number of fused-ring (bicyclic) bond motifs is 1. The van der Waals surface area contributed by atoms with E-state index < -0.39 is 23.3 Å². The van der Waals surface area contributed by atoms with E-state index in [0.29, 0.717) is 24.0 Å². The molecule has 1 aromatic carbocycles. The van der Waals surface area contributed by atoms with Gasteiger partial charge in [-0.3, -0.25) is 9.78 Å². The van der Waals surface area contributed by atoms with E-state index in [4.69, 9.17) is 9.72 Å². The van der Waals surface area contributed by atoms with Crippen molar-refractivity contribution in [1.29, 1.82) is 0 Å². The van der Waals surface area contributed by atoms with Crippen LogP contribution in [0.15, 0.2) is 60.9 Å². The third-order valence-corrected chi connectivity index (χ3v) is 7.70. The molecule has 5 rings (SSSR count). The molecule has 6 nitrogen and oxygen atoms in total. The number of aromatic nitrogens is 3. The van der Waals surface area contributed by atoms with Crippen molar-refractivity contribution in [2.45, 2.75) is 44.4 Å². The van der Waals surface area contributed by atoms with Crippen molar-refractivity contribution in [2.75, 3.05) is 11.9 Å². The number of alkyl halides is 3. The summed E-state index contributed by atoms with van der Waals surface area (Å²) in [5, 5.41) is 3.46. The Kier molecular flexibility index (Phi) is 7.48. The Balaban J connectivity index is 1.19. The number of ether oxygens (including phenoxy) is 1. The first-order valence-electron chi connectivity index (χ1n) is 12.1. The van der Waals surface area contributed by atoms with Crippen molar-refractivity contribution in [3.8, 4) is 0 Å². The summed E-state index contributed by atoms with van der Waals surface area (Å²) in [5.74, 6) is 0.0813. The van der Waals surface area contributed by atoms with Gasteiger partial charge < -0.3 is 10.1 Å². The van der Waals surface area contributed by atoms with E-state index in [-0.39, 0.29) is 5.82 Å². The van der Waals surface area contributed by atoms with Crippen LogP contribution in [0, 0.1) is 5.92 Å². The van der Waals surface area contributed by atoms with Crippen LogP contribution in [0.25, 0.3) is 10.2 Å². The van der Waals surface area contributed by atoms with Gasteiger partial charge in [0.25, 0.3) is 5.91 Å². The van der Waals surface area contributed by atoms with Crippen molar-refractivity contribution in [3.05, 3.63) is 82.8 Å². The number of rotatable bonds is 7.